The van der Waals surface area contributed by atoms with Gasteiger partial charge in [0.2, 0.25) is 5.91 Å². The van der Waals surface area contributed by atoms with E-state index in [1.165, 1.54) is 17.0 Å². The van der Waals surface area contributed by atoms with Gasteiger partial charge in [-0.25, -0.2) is 4.39 Å². The summed E-state index contributed by atoms with van der Waals surface area (Å²) >= 11 is 0. The summed E-state index contributed by atoms with van der Waals surface area (Å²) in [5.41, 5.74) is 0.735. The average Bonchev–Trinajstić information content (AvgIpc) is 2.93. The molecular formula is C15H18FNO3. The average molecular weight is 279 g/mol. The van der Waals surface area contributed by atoms with Gasteiger partial charge >= 0.3 is 5.97 Å². The highest BCUT2D eigenvalue weighted by Crippen LogP contribution is 2.27. The molecule has 0 saturated heterocycles. The van der Waals surface area contributed by atoms with E-state index in [1.807, 2.05) is 0 Å². The fourth-order valence-electron chi connectivity index (χ4n) is 2.62. The summed E-state index contributed by atoms with van der Waals surface area (Å²) in [6.07, 6.45) is 3.71. The minimum atomic E-state index is -1.03. The van der Waals surface area contributed by atoms with Crippen LogP contribution < -0.4 is 0 Å². The molecular weight excluding hydrogens is 261 g/mol. The lowest BCUT2D eigenvalue weighted by Crippen LogP contribution is -2.38. The van der Waals surface area contributed by atoms with Gasteiger partial charge in [0, 0.05) is 12.5 Å². The first-order chi connectivity index (χ1) is 9.56. The molecule has 20 heavy (non-hydrogen) atoms. The molecule has 0 heterocycles. The molecule has 0 bridgehead atoms. The number of aliphatic carboxylic acids is 1. The van der Waals surface area contributed by atoms with Crippen molar-refractivity contribution in [2.45, 2.75) is 32.2 Å². The number of amides is 1. The summed E-state index contributed by atoms with van der Waals surface area (Å²) < 4.78 is 12.9. The Balaban J connectivity index is 2.08. The number of benzene rings is 1. The lowest BCUT2D eigenvalue weighted by molar-refractivity contribution is -0.146. The molecule has 1 saturated carbocycles. The van der Waals surface area contributed by atoms with E-state index < -0.39 is 5.97 Å². The Kier molecular flexibility index (Phi) is 4.71. The molecule has 108 valence electrons. The predicted molar refractivity (Wildman–Crippen MR) is 71.4 cm³/mol. The highest BCUT2D eigenvalue weighted by Gasteiger charge is 2.28. The SMILES string of the molecule is O=C(O)CN(Cc1ccc(F)cc1)C(=O)C1CCCC1. The lowest BCUT2D eigenvalue weighted by atomic mass is 10.1. The van der Waals surface area contributed by atoms with Crippen LogP contribution in [0.4, 0.5) is 4.39 Å². The van der Waals surface area contributed by atoms with E-state index in [4.69, 9.17) is 5.11 Å². The van der Waals surface area contributed by atoms with Gasteiger partial charge in [-0.2, -0.15) is 0 Å². The van der Waals surface area contributed by atoms with Gasteiger partial charge in [-0.15, -0.1) is 0 Å². The third kappa shape index (κ3) is 3.79. The maximum atomic E-state index is 12.9. The molecule has 1 aromatic carbocycles. The van der Waals surface area contributed by atoms with E-state index in [9.17, 15) is 14.0 Å². The second-order valence-corrected chi connectivity index (χ2v) is 5.20. The number of hydrogen-bond acceptors (Lipinski definition) is 2. The minimum Gasteiger partial charge on any atom is -0.480 e. The second kappa shape index (κ2) is 6.50. The van der Waals surface area contributed by atoms with Gasteiger partial charge in [-0.05, 0) is 30.5 Å². The fourth-order valence-corrected chi connectivity index (χ4v) is 2.62. The van der Waals surface area contributed by atoms with Gasteiger partial charge in [0.15, 0.2) is 0 Å². The molecule has 0 aliphatic heterocycles. The molecule has 1 aliphatic rings. The number of rotatable bonds is 5. The molecule has 1 amide bonds. The van der Waals surface area contributed by atoms with Crippen LogP contribution in [-0.4, -0.2) is 28.4 Å². The van der Waals surface area contributed by atoms with Crippen molar-refractivity contribution in [3.05, 3.63) is 35.6 Å². The molecule has 1 aliphatic carbocycles. The summed E-state index contributed by atoms with van der Waals surface area (Å²) in [6.45, 7) is -0.103. The molecule has 5 heteroatoms. The first kappa shape index (κ1) is 14.5. The molecule has 1 N–H and O–H groups in total. The summed E-state index contributed by atoms with van der Waals surface area (Å²) in [6, 6.07) is 5.78. The van der Waals surface area contributed by atoms with Gasteiger partial charge in [-0.3, -0.25) is 9.59 Å². The van der Waals surface area contributed by atoms with E-state index in [1.54, 1.807) is 12.1 Å². The van der Waals surface area contributed by atoms with Crippen molar-refractivity contribution in [1.82, 2.24) is 4.90 Å². The maximum absolute atomic E-state index is 12.9. The summed E-state index contributed by atoms with van der Waals surface area (Å²) in [7, 11) is 0. The van der Waals surface area contributed by atoms with Crippen LogP contribution in [0.2, 0.25) is 0 Å². The number of carboxylic acids is 1. The predicted octanol–water partition coefficient (Wildman–Crippen LogP) is 2.43. The zero-order valence-corrected chi connectivity index (χ0v) is 11.2. The Labute approximate surface area is 117 Å². The molecule has 0 radical (unpaired) electrons. The van der Waals surface area contributed by atoms with Crippen molar-refractivity contribution in [2.75, 3.05) is 6.54 Å². The lowest BCUT2D eigenvalue weighted by Gasteiger charge is -2.24. The van der Waals surface area contributed by atoms with E-state index in [-0.39, 0.29) is 30.7 Å². The van der Waals surface area contributed by atoms with Gasteiger partial charge < -0.3 is 10.0 Å². The van der Waals surface area contributed by atoms with Crippen LogP contribution in [-0.2, 0) is 16.1 Å². The third-order valence-corrected chi connectivity index (χ3v) is 3.63. The molecule has 2 rings (SSSR count). The summed E-state index contributed by atoms with van der Waals surface area (Å²) in [4.78, 5) is 24.6. The fraction of sp³-hybridized carbons (Fsp3) is 0.467. The number of hydrogen-bond donors (Lipinski definition) is 1. The number of nitrogens with zero attached hydrogens (tertiary/aromatic N) is 1. The van der Waals surface area contributed by atoms with E-state index >= 15 is 0 Å². The third-order valence-electron chi connectivity index (χ3n) is 3.63. The van der Waals surface area contributed by atoms with Crippen LogP contribution in [0.25, 0.3) is 0 Å². The van der Waals surface area contributed by atoms with Crippen LogP contribution in [0.5, 0.6) is 0 Å². The normalized spacial score (nSPS) is 15.2. The van der Waals surface area contributed by atoms with Gasteiger partial charge in [-0.1, -0.05) is 25.0 Å². The van der Waals surface area contributed by atoms with E-state index in [0.717, 1.165) is 31.2 Å². The molecule has 0 atom stereocenters. The van der Waals surface area contributed by atoms with Crippen LogP contribution in [0.15, 0.2) is 24.3 Å². The van der Waals surface area contributed by atoms with Gasteiger partial charge in [0.05, 0.1) is 0 Å². The molecule has 4 nitrogen and oxygen atoms in total. The van der Waals surface area contributed by atoms with Crippen molar-refractivity contribution in [2.24, 2.45) is 5.92 Å². The Morgan fingerprint density at radius 1 is 1.20 bits per heavy atom. The first-order valence-corrected chi connectivity index (χ1v) is 6.81. The first-order valence-electron chi connectivity index (χ1n) is 6.81. The molecule has 1 aromatic rings. The number of carbonyl (C=O) groups is 2. The molecule has 0 unspecified atom stereocenters. The van der Waals surface area contributed by atoms with Gasteiger partial charge in [0.25, 0.3) is 0 Å². The topological polar surface area (TPSA) is 57.6 Å². The Bertz CT molecular complexity index is 480. The van der Waals surface area contributed by atoms with Crippen LogP contribution in [0.1, 0.15) is 31.2 Å². The zero-order valence-electron chi connectivity index (χ0n) is 11.2. The standard InChI is InChI=1S/C15H18FNO3/c16-13-7-5-11(6-8-13)9-17(10-14(18)19)15(20)12-3-1-2-4-12/h5-8,12H,1-4,9-10H2,(H,18,19). The molecule has 0 spiro atoms. The van der Waals surface area contributed by atoms with Crippen LogP contribution in [0.3, 0.4) is 0 Å². The number of carbonyl (C=O) groups excluding carboxylic acids is 1. The molecule has 0 aromatic heterocycles. The van der Waals surface area contributed by atoms with Crippen molar-refractivity contribution in [3.63, 3.8) is 0 Å². The van der Waals surface area contributed by atoms with Crippen LogP contribution >= 0.6 is 0 Å². The Hall–Kier alpha value is -1.91. The van der Waals surface area contributed by atoms with E-state index in [2.05, 4.69) is 0 Å². The second-order valence-electron chi connectivity index (χ2n) is 5.20. The molecule has 1 fully saturated rings. The van der Waals surface area contributed by atoms with Crippen molar-refractivity contribution < 1.29 is 19.1 Å². The van der Waals surface area contributed by atoms with Crippen LogP contribution in [0, 0.1) is 11.7 Å². The monoisotopic (exact) mass is 279 g/mol. The zero-order chi connectivity index (χ0) is 14.5. The number of halogens is 1. The minimum absolute atomic E-state index is 0.0604. The highest BCUT2D eigenvalue weighted by atomic mass is 19.1. The smallest absolute Gasteiger partial charge is 0.323 e. The summed E-state index contributed by atoms with van der Waals surface area (Å²) in [5, 5.41) is 8.94. The van der Waals surface area contributed by atoms with Crippen molar-refractivity contribution in [3.8, 4) is 0 Å². The van der Waals surface area contributed by atoms with Crippen molar-refractivity contribution in [1.29, 1.82) is 0 Å². The number of carboxylic acid groups (broad SMARTS) is 1. The highest BCUT2D eigenvalue weighted by molar-refractivity contribution is 5.83. The summed E-state index contributed by atoms with van der Waals surface area (Å²) in [5.74, 6) is -1.54. The Morgan fingerprint density at radius 3 is 2.35 bits per heavy atom. The largest absolute Gasteiger partial charge is 0.480 e. The van der Waals surface area contributed by atoms with E-state index in [0.29, 0.717) is 0 Å². The maximum Gasteiger partial charge on any atom is 0.323 e. The quantitative estimate of drug-likeness (QED) is 0.900. The van der Waals surface area contributed by atoms with Gasteiger partial charge in [0.1, 0.15) is 12.4 Å². The Morgan fingerprint density at radius 2 is 1.80 bits per heavy atom. The van der Waals surface area contributed by atoms with Crippen molar-refractivity contribution >= 4 is 11.9 Å².